The van der Waals surface area contributed by atoms with Gasteiger partial charge in [-0.2, -0.15) is 0 Å². The fraction of sp³-hybridized carbons (Fsp3) is 0.966. The molecule has 0 radical (unpaired) electrons. The number of rotatable bonds is 25. The van der Waals surface area contributed by atoms with Crippen LogP contribution in [0.25, 0.3) is 0 Å². The van der Waals surface area contributed by atoms with Crippen LogP contribution in [0.15, 0.2) is 0 Å². The summed E-state index contributed by atoms with van der Waals surface area (Å²) in [6, 6.07) is 0.704. The van der Waals surface area contributed by atoms with Gasteiger partial charge < -0.3 is 18.3 Å². The molecule has 0 aromatic rings. The molecule has 0 bridgehead atoms. The van der Waals surface area contributed by atoms with Crippen LogP contribution in [0.4, 0.5) is 0 Å². The molecule has 1 heterocycles. The van der Waals surface area contributed by atoms with Gasteiger partial charge in [0.25, 0.3) is 0 Å². The van der Waals surface area contributed by atoms with E-state index in [1.54, 1.807) is 0 Å². The van der Waals surface area contributed by atoms with E-state index in [9.17, 15) is 4.79 Å². The van der Waals surface area contributed by atoms with Crippen molar-refractivity contribution in [2.75, 3.05) is 51.9 Å². The molecule has 0 aliphatic carbocycles. The van der Waals surface area contributed by atoms with E-state index >= 15 is 0 Å². The molecule has 0 saturated carbocycles. The van der Waals surface area contributed by atoms with Gasteiger partial charge in [-0.25, -0.2) is 5.48 Å². The summed E-state index contributed by atoms with van der Waals surface area (Å²) in [5, 5.41) is 0.308. The van der Waals surface area contributed by atoms with Crippen molar-refractivity contribution in [3.05, 3.63) is 0 Å². The molecule has 0 amide bonds. The fourth-order valence-electron chi connectivity index (χ4n) is 4.35. The largest absolute Gasteiger partial charge is 0.518 e. The van der Waals surface area contributed by atoms with Crippen LogP contribution < -0.4 is 5.48 Å². The maximum Gasteiger partial charge on any atom is 0.518 e. The molecule has 1 aliphatic heterocycles. The highest BCUT2D eigenvalue weighted by Gasteiger charge is 2.42. The van der Waals surface area contributed by atoms with Crippen LogP contribution in [0.1, 0.15) is 117 Å². The van der Waals surface area contributed by atoms with E-state index in [-0.39, 0.29) is 0 Å². The monoisotopic (exact) mass is 577 g/mol. The molecule has 1 N–H and O–H groups in total. The molecule has 226 valence electrons. The quantitative estimate of drug-likeness (QED) is 0.0894. The van der Waals surface area contributed by atoms with Crippen LogP contribution in [0.3, 0.4) is 0 Å². The van der Waals surface area contributed by atoms with E-state index in [4.69, 9.17) is 22.9 Å². The molecule has 9 heteroatoms. The van der Waals surface area contributed by atoms with E-state index in [2.05, 4.69) is 26.3 Å². The maximum absolute atomic E-state index is 12.3. The standard InChI is InChI=1S/C29H59NO6SSi/c1-4-7-9-10-11-12-13-14-15-17-29(31)37-25-16-26-38(34-20-18-28(6-3)27-30-36-38)35-24-23-33-22-21-32-19-8-5-2/h28,30H,4-27H2,1-3H3. The fourth-order valence-corrected chi connectivity index (χ4v) is 7.74. The van der Waals surface area contributed by atoms with Crippen molar-refractivity contribution >= 4 is 25.7 Å². The number of nitrogens with one attached hydrogen (secondary N) is 1. The molecule has 1 fully saturated rings. The summed E-state index contributed by atoms with van der Waals surface area (Å²) in [5.74, 6) is 1.33. The number of thioether (sulfide) groups is 1. The Labute approximate surface area is 239 Å². The molecule has 1 aliphatic rings. The second kappa shape index (κ2) is 25.9. The number of ether oxygens (including phenoxy) is 2. The Hall–Kier alpha value is -0.00312. The van der Waals surface area contributed by atoms with E-state index < -0.39 is 8.80 Å². The van der Waals surface area contributed by atoms with E-state index in [0.29, 0.717) is 56.5 Å². The van der Waals surface area contributed by atoms with Gasteiger partial charge in [-0.15, -0.1) is 0 Å². The van der Waals surface area contributed by atoms with Crippen molar-refractivity contribution < 1.29 is 27.6 Å². The second-order valence-electron chi connectivity index (χ2n) is 10.4. The third-order valence-corrected chi connectivity index (χ3v) is 10.7. The lowest BCUT2D eigenvalue weighted by Crippen LogP contribution is -2.52. The first kappa shape index (κ1) is 36.0. The van der Waals surface area contributed by atoms with Gasteiger partial charge in [-0.3, -0.25) is 9.32 Å². The molecule has 2 atom stereocenters. The maximum atomic E-state index is 12.3. The highest BCUT2D eigenvalue weighted by Crippen LogP contribution is 2.23. The third-order valence-electron chi connectivity index (χ3n) is 6.96. The lowest BCUT2D eigenvalue weighted by Gasteiger charge is -2.33. The van der Waals surface area contributed by atoms with Gasteiger partial charge >= 0.3 is 8.80 Å². The summed E-state index contributed by atoms with van der Waals surface area (Å²) in [6.07, 6.45) is 17.3. The van der Waals surface area contributed by atoms with Crippen LogP contribution >= 0.6 is 11.8 Å². The molecule has 1 saturated heterocycles. The first-order valence-corrected chi connectivity index (χ1v) is 18.6. The zero-order valence-electron chi connectivity index (χ0n) is 24.9. The van der Waals surface area contributed by atoms with Gasteiger partial charge in [0.05, 0.1) is 26.4 Å². The van der Waals surface area contributed by atoms with Crippen LogP contribution in [-0.4, -0.2) is 65.9 Å². The van der Waals surface area contributed by atoms with E-state index in [1.165, 1.54) is 63.1 Å². The molecular weight excluding hydrogens is 518 g/mol. The third kappa shape index (κ3) is 20.0. The predicted octanol–water partition coefficient (Wildman–Crippen LogP) is 7.31. The Morgan fingerprint density at radius 2 is 1.50 bits per heavy atom. The second-order valence-corrected chi connectivity index (χ2v) is 14.2. The van der Waals surface area contributed by atoms with Gasteiger partial charge in [0.15, 0.2) is 5.12 Å². The summed E-state index contributed by atoms with van der Waals surface area (Å²) in [4.78, 5) is 12.3. The average molecular weight is 578 g/mol. The molecule has 1 rings (SSSR count). The van der Waals surface area contributed by atoms with Crippen molar-refractivity contribution in [3.63, 3.8) is 0 Å². The summed E-state index contributed by atoms with van der Waals surface area (Å²) in [5.41, 5.74) is 3.15. The number of hydrogen-bond donors (Lipinski definition) is 1. The van der Waals surface area contributed by atoms with Crippen LogP contribution in [0.5, 0.6) is 0 Å². The summed E-state index contributed by atoms with van der Waals surface area (Å²) >= 11 is 1.45. The van der Waals surface area contributed by atoms with Gasteiger partial charge in [-0.1, -0.05) is 96.7 Å². The molecular formula is C29H59NO6SSi. The highest BCUT2D eigenvalue weighted by molar-refractivity contribution is 8.13. The van der Waals surface area contributed by atoms with Crippen LogP contribution in [0.2, 0.25) is 6.04 Å². The topological polar surface area (TPSA) is 75.3 Å². The Morgan fingerprint density at radius 1 is 0.842 bits per heavy atom. The molecule has 7 nitrogen and oxygen atoms in total. The van der Waals surface area contributed by atoms with Crippen molar-refractivity contribution in [2.24, 2.45) is 5.92 Å². The van der Waals surface area contributed by atoms with E-state index in [0.717, 1.165) is 57.4 Å². The van der Waals surface area contributed by atoms with Crippen molar-refractivity contribution in [1.82, 2.24) is 5.48 Å². The SMILES string of the molecule is CCCCCCCCCCCC(=O)SCCC[Si]1(OCCOCCOCCCC)OCCC(CC)CNO1. The Morgan fingerprint density at radius 3 is 2.21 bits per heavy atom. The summed E-state index contributed by atoms with van der Waals surface area (Å²) in [7, 11) is -2.87. The summed E-state index contributed by atoms with van der Waals surface area (Å²) < 4.78 is 29.8. The van der Waals surface area contributed by atoms with Gasteiger partial charge in [0, 0.05) is 38.0 Å². The smallest absolute Gasteiger partial charge is 0.379 e. The number of hydroxylamine groups is 1. The highest BCUT2D eigenvalue weighted by atomic mass is 32.2. The molecule has 0 aromatic carbocycles. The molecule has 2 unspecified atom stereocenters. The van der Waals surface area contributed by atoms with Crippen molar-refractivity contribution in [3.8, 4) is 0 Å². The van der Waals surface area contributed by atoms with E-state index in [1.807, 2.05) is 0 Å². The Kier molecular flexibility index (Phi) is 24.6. The lowest BCUT2D eigenvalue weighted by molar-refractivity contribution is -0.111. The Balaban J connectivity index is 2.25. The molecule has 0 aromatic heterocycles. The first-order chi connectivity index (χ1) is 18.7. The first-order valence-electron chi connectivity index (χ1n) is 15.7. The lowest BCUT2D eigenvalue weighted by atomic mass is 10.0. The number of carbonyl (C=O) groups excluding carboxylic acids is 1. The predicted molar refractivity (Wildman–Crippen MR) is 160 cm³/mol. The number of hydrogen-bond acceptors (Lipinski definition) is 8. The van der Waals surface area contributed by atoms with Crippen molar-refractivity contribution in [1.29, 1.82) is 0 Å². The number of unbranched alkanes of at least 4 members (excludes halogenated alkanes) is 9. The van der Waals surface area contributed by atoms with Gasteiger partial charge in [0.2, 0.25) is 0 Å². The van der Waals surface area contributed by atoms with Gasteiger partial charge in [-0.05, 0) is 31.6 Å². The molecule has 38 heavy (non-hydrogen) atoms. The van der Waals surface area contributed by atoms with Crippen LogP contribution in [0, 0.1) is 5.92 Å². The van der Waals surface area contributed by atoms with Crippen LogP contribution in [-0.2, 0) is 27.6 Å². The zero-order valence-corrected chi connectivity index (χ0v) is 26.7. The number of carbonyl (C=O) groups is 1. The minimum atomic E-state index is -2.87. The molecule has 0 spiro atoms. The normalized spacial score (nSPS) is 20.3. The summed E-state index contributed by atoms with van der Waals surface area (Å²) in [6.45, 7) is 11.0. The minimum absolute atomic E-state index is 0.308. The van der Waals surface area contributed by atoms with Gasteiger partial charge in [0.1, 0.15) is 0 Å². The van der Waals surface area contributed by atoms with Crippen molar-refractivity contribution in [2.45, 2.75) is 123 Å². The average Bonchev–Trinajstić information content (AvgIpc) is 2.91. The zero-order chi connectivity index (χ0) is 27.6. The Bertz CT molecular complexity index is 535. The minimum Gasteiger partial charge on any atom is -0.379 e.